The average molecular weight is 543 g/mol. The maximum absolute atomic E-state index is 13.1. The van der Waals surface area contributed by atoms with Crippen molar-refractivity contribution in [2.45, 2.75) is 11.8 Å². The molecular formula is C25H26N4O6S2. The number of benzene rings is 2. The molecule has 2 aromatic carbocycles. The Morgan fingerprint density at radius 1 is 1.00 bits per heavy atom. The number of primary amides is 1. The normalized spacial score (nSPS) is 14.2. The van der Waals surface area contributed by atoms with E-state index in [-0.39, 0.29) is 48.8 Å². The predicted molar refractivity (Wildman–Crippen MR) is 140 cm³/mol. The lowest BCUT2D eigenvalue weighted by molar-refractivity contribution is 0.0933. The van der Waals surface area contributed by atoms with Crippen LogP contribution < -0.4 is 11.1 Å². The van der Waals surface area contributed by atoms with Gasteiger partial charge < -0.3 is 20.7 Å². The first-order chi connectivity index (χ1) is 17.7. The van der Waals surface area contributed by atoms with Crippen LogP contribution in [0.2, 0.25) is 0 Å². The van der Waals surface area contributed by atoms with Gasteiger partial charge in [0, 0.05) is 36.6 Å². The maximum atomic E-state index is 13.1. The third-order valence-corrected chi connectivity index (χ3v) is 8.81. The molecule has 4 rings (SSSR count). The van der Waals surface area contributed by atoms with Crippen LogP contribution in [-0.2, 0) is 14.8 Å². The summed E-state index contributed by atoms with van der Waals surface area (Å²) in [5.41, 5.74) is 6.81. The van der Waals surface area contributed by atoms with E-state index in [1.54, 1.807) is 13.0 Å². The Balaban J connectivity index is 1.46. The minimum atomic E-state index is -3.81. The number of hydrogen-bond acceptors (Lipinski definition) is 7. The van der Waals surface area contributed by atoms with Gasteiger partial charge in [-0.05, 0) is 42.8 Å². The molecule has 0 unspecified atom stereocenters. The fourth-order valence-electron chi connectivity index (χ4n) is 3.84. The van der Waals surface area contributed by atoms with Crippen LogP contribution >= 0.6 is 11.3 Å². The lowest BCUT2D eigenvalue weighted by Gasteiger charge is -2.33. The van der Waals surface area contributed by atoms with Gasteiger partial charge in [0.25, 0.3) is 11.8 Å². The molecule has 3 amide bonds. The quantitative estimate of drug-likeness (QED) is 0.470. The van der Waals surface area contributed by atoms with Crippen LogP contribution in [0.15, 0.2) is 65.6 Å². The van der Waals surface area contributed by atoms with Crippen LogP contribution in [-0.4, -0.2) is 68.3 Å². The summed E-state index contributed by atoms with van der Waals surface area (Å²) in [5.74, 6) is -1.17. The average Bonchev–Trinajstić information content (AvgIpc) is 3.33. The molecule has 1 aliphatic heterocycles. The minimum Gasteiger partial charge on any atom is -0.450 e. The van der Waals surface area contributed by atoms with Gasteiger partial charge in [-0.2, -0.15) is 4.31 Å². The summed E-state index contributed by atoms with van der Waals surface area (Å²) in [7, 11) is -3.81. The number of amides is 3. The highest BCUT2D eigenvalue weighted by Crippen LogP contribution is 2.35. The first kappa shape index (κ1) is 26.3. The van der Waals surface area contributed by atoms with Crippen molar-refractivity contribution in [3.63, 3.8) is 0 Å². The number of hydrogen-bond donors (Lipinski definition) is 2. The Kier molecular flexibility index (Phi) is 7.91. The number of thiophene rings is 1. The lowest BCUT2D eigenvalue weighted by Crippen LogP contribution is -2.50. The van der Waals surface area contributed by atoms with E-state index in [1.165, 1.54) is 44.8 Å². The second-order valence-corrected chi connectivity index (χ2v) is 11.1. The number of nitrogens with two attached hydrogens (primary N) is 1. The summed E-state index contributed by atoms with van der Waals surface area (Å²) >= 11 is 1.22. The minimum absolute atomic E-state index is 0.0361. The van der Waals surface area contributed by atoms with Crippen LogP contribution in [0.4, 0.5) is 9.80 Å². The van der Waals surface area contributed by atoms with E-state index in [9.17, 15) is 22.8 Å². The number of sulfonamides is 1. The van der Waals surface area contributed by atoms with Crippen molar-refractivity contribution in [3.8, 4) is 10.4 Å². The zero-order valence-electron chi connectivity index (χ0n) is 20.0. The number of ether oxygens (including phenoxy) is 1. The number of carbonyl (C=O) groups excluding carboxylic acids is 3. The van der Waals surface area contributed by atoms with Gasteiger partial charge in [0.2, 0.25) is 10.0 Å². The van der Waals surface area contributed by atoms with Gasteiger partial charge >= 0.3 is 6.09 Å². The molecule has 0 saturated carbocycles. The third kappa shape index (κ3) is 5.82. The van der Waals surface area contributed by atoms with Gasteiger partial charge in [0.15, 0.2) is 0 Å². The van der Waals surface area contributed by atoms with Gasteiger partial charge in [-0.15, -0.1) is 11.3 Å². The number of anilines is 1. The van der Waals surface area contributed by atoms with E-state index in [4.69, 9.17) is 10.5 Å². The van der Waals surface area contributed by atoms with Crippen molar-refractivity contribution in [3.05, 3.63) is 71.8 Å². The number of nitrogens with one attached hydrogen (secondary N) is 1. The summed E-state index contributed by atoms with van der Waals surface area (Å²) in [6.45, 7) is 2.70. The van der Waals surface area contributed by atoms with Crippen LogP contribution in [0.3, 0.4) is 0 Å². The smallest absolute Gasteiger partial charge is 0.409 e. The molecule has 0 radical (unpaired) electrons. The SMILES string of the molecule is CCOC(=O)N1CCN(S(=O)(=O)c2ccc(C(=O)Nc3sc(-c4ccccc4)cc3C(N)=O)cc2)CC1. The standard InChI is InChI=1S/C25H26N4O6S2/c1-2-35-25(32)28-12-14-29(15-13-28)37(33,34)19-10-8-18(9-11-19)23(31)27-24-20(22(26)30)16-21(36-24)17-6-4-3-5-7-17/h3-11,16H,2,12-15H2,1H3,(H2,26,30)(H,27,31). The fraction of sp³-hybridized carbons (Fsp3) is 0.240. The zero-order valence-corrected chi connectivity index (χ0v) is 21.7. The summed E-state index contributed by atoms with van der Waals surface area (Å²) in [4.78, 5) is 39.0. The molecule has 1 aromatic heterocycles. The monoisotopic (exact) mass is 542 g/mol. The molecule has 0 aliphatic carbocycles. The fourth-order valence-corrected chi connectivity index (χ4v) is 6.33. The lowest BCUT2D eigenvalue weighted by atomic mass is 10.1. The predicted octanol–water partition coefficient (Wildman–Crippen LogP) is 3.23. The highest BCUT2D eigenvalue weighted by molar-refractivity contribution is 7.89. The van der Waals surface area contributed by atoms with Gasteiger partial charge in [-0.3, -0.25) is 9.59 Å². The molecule has 194 valence electrons. The summed E-state index contributed by atoms with van der Waals surface area (Å²) in [6, 6.07) is 16.6. The molecule has 1 fully saturated rings. The number of carbonyl (C=O) groups is 3. The molecule has 12 heteroatoms. The molecule has 3 aromatic rings. The molecule has 1 aliphatic rings. The van der Waals surface area contributed by atoms with Gasteiger partial charge in [0.1, 0.15) is 5.00 Å². The number of rotatable bonds is 7. The first-order valence-electron chi connectivity index (χ1n) is 11.5. The van der Waals surface area contributed by atoms with Crippen LogP contribution in [0.5, 0.6) is 0 Å². The molecule has 3 N–H and O–H groups in total. The zero-order chi connectivity index (χ0) is 26.6. The molecule has 0 atom stereocenters. The topological polar surface area (TPSA) is 139 Å². The molecule has 2 heterocycles. The van der Waals surface area contributed by atoms with Crippen LogP contribution in [0, 0.1) is 0 Å². The molecule has 0 bridgehead atoms. The van der Waals surface area contributed by atoms with E-state index in [1.807, 2.05) is 30.3 Å². The van der Waals surface area contributed by atoms with Gasteiger partial charge in [0.05, 0.1) is 17.1 Å². The third-order valence-electron chi connectivity index (χ3n) is 5.80. The molecule has 37 heavy (non-hydrogen) atoms. The summed E-state index contributed by atoms with van der Waals surface area (Å²) < 4.78 is 32.4. The van der Waals surface area contributed by atoms with Crippen molar-refractivity contribution < 1.29 is 27.5 Å². The van der Waals surface area contributed by atoms with Crippen molar-refractivity contribution in [2.75, 3.05) is 38.1 Å². The first-order valence-corrected chi connectivity index (χ1v) is 13.8. The highest BCUT2D eigenvalue weighted by Gasteiger charge is 2.30. The van der Waals surface area contributed by atoms with E-state index in [0.717, 1.165) is 10.4 Å². The number of piperazine rings is 1. The van der Waals surface area contributed by atoms with Crippen LogP contribution in [0.1, 0.15) is 27.6 Å². The summed E-state index contributed by atoms with van der Waals surface area (Å²) in [5, 5.41) is 3.03. The second kappa shape index (κ2) is 11.1. The second-order valence-electron chi connectivity index (χ2n) is 8.15. The Morgan fingerprint density at radius 2 is 1.65 bits per heavy atom. The van der Waals surface area contributed by atoms with Gasteiger partial charge in [-0.1, -0.05) is 30.3 Å². The van der Waals surface area contributed by atoms with E-state index < -0.39 is 27.9 Å². The molecular weight excluding hydrogens is 516 g/mol. The number of nitrogens with zero attached hydrogens (tertiary/aromatic N) is 2. The van der Waals surface area contributed by atoms with E-state index in [0.29, 0.717) is 5.00 Å². The Hall–Kier alpha value is -3.74. The molecule has 0 spiro atoms. The highest BCUT2D eigenvalue weighted by atomic mass is 32.2. The van der Waals surface area contributed by atoms with E-state index >= 15 is 0 Å². The summed E-state index contributed by atoms with van der Waals surface area (Å²) in [6.07, 6.45) is -0.462. The van der Waals surface area contributed by atoms with Crippen molar-refractivity contribution in [1.29, 1.82) is 0 Å². The maximum Gasteiger partial charge on any atom is 0.409 e. The molecule has 10 nitrogen and oxygen atoms in total. The van der Waals surface area contributed by atoms with Crippen LogP contribution in [0.25, 0.3) is 10.4 Å². The Bertz CT molecular complexity index is 1400. The van der Waals surface area contributed by atoms with Crippen molar-refractivity contribution in [1.82, 2.24) is 9.21 Å². The van der Waals surface area contributed by atoms with E-state index in [2.05, 4.69) is 5.32 Å². The largest absolute Gasteiger partial charge is 0.450 e. The van der Waals surface area contributed by atoms with Gasteiger partial charge in [-0.25, -0.2) is 13.2 Å². The van der Waals surface area contributed by atoms with Crippen molar-refractivity contribution >= 4 is 44.3 Å². The Morgan fingerprint density at radius 3 is 2.24 bits per heavy atom. The Labute approximate surface area is 218 Å². The molecule has 1 saturated heterocycles. The van der Waals surface area contributed by atoms with Crippen molar-refractivity contribution in [2.24, 2.45) is 5.73 Å².